The van der Waals surface area contributed by atoms with Gasteiger partial charge in [-0.05, 0) is 102 Å². The predicted octanol–water partition coefficient (Wildman–Crippen LogP) is 7.59. The van der Waals surface area contributed by atoms with E-state index in [4.69, 9.17) is 9.15 Å². The van der Waals surface area contributed by atoms with Crippen molar-refractivity contribution < 1.29 is 18.7 Å². The van der Waals surface area contributed by atoms with Gasteiger partial charge in [-0.1, -0.05) is 31.7 Å². The summed E-state index contributed by atoms with van der Waals surface area (Å²) in [6, 6.07) is 20.4. The number of hydrogen-bond donors (Lipinski definition) is 1. The molecule has 1 aromatic heterocycles. The number of rotatable bonds is 7. The van der Waals surface area contributed by atoms with Crippen LogP contribution in [0.1, 0.15) is 61.3 Å². The van der Waals surface area contributed by atoms with E-state index in [2.05, 4.69) is 46.3 Å². The van der Waals surface area contributed by atoms with Gasteiger partial charge in [0.25, 0.3) is 0 Å². The molecule has 5 nitrogen and oxygen atoms in total. The number of nitrogens with zero attached hydrogens (tertiary/aromatic N) is 2. The topological polar surface area (TPSA) is 58.7 Å². The molecule has 1 aliphatic carbocycles. The Morgan fingerprint density at radius 1 is 1.05 bits per heavy atom. The zero-order valence-corrected chi connectivity index (χ0v) is 21.8. The minimum Gasteiger partial charge on any atom is -0.508 e. The third-order valence-corrected chi connectivity index (χ3v) is 7.66. The van der Waals surface area contributed by atoms with Crippen molar-refractivity contribution >= 4 is 22.2 Å². The molecule has 0 unspecified atom stereocenters. The highest BCUT2D eigenvalue weighted by Gasteiger charge is 2.24. The second-order valence-electron chi connectivity index (χ2n) is 10.4. The van der Waals surface area contributed by atoms with E-state index in [1.54, 1.807) is 6.07 Å². The van der Waals surface area contributed by atoms with Crippen LogP contribution in [-0.2, 0) is 6.42 Å². The van der Waals surface area contributed by atoms with E-state index in [0.29, 0.717) is 18.1 Å². The minimum absolute atomic E-state index is 0. The number of aromatic hydroxyl groups is 1. The van der Waals surface area contributed by atoms with E-state index in [9.17, 15) is 9.50 Å². The molecular weight excluding hydrogens is 491 g/mol. The van der Waals surface area contributed by atoms with Crippen molar-refractivity contribution in [2.24, 2.45) is 0 Å². The fourth-order valence-electron chi connectivity index (χ4n) is 5.89. The lowest BCUT2D eigenvalue weighted by molar-refractivity contribution is 0.198. The summed E-state index contributed by atoms with van der Waals surface area (Å²) in [5, 5.41) is 10.2. The third-order valence-electron chi connectivity index (χ3n) is 7.66. The first kappa shape index (κ1) is 26.9. The van der Waals surface area contributed by atoms with Gasteiger partial charge in [0.05, 0.1) is 6.67 Å². The average Bonchev–Trinajstić information content (AvgIpc) is 3.47. The maximum atomic E-state index is 12.5. The number of oxazole rings is 1. The summed E-state index contributed by atoms with van der Waals surface area (Å²) in [6.07, 6.45) is 4.49. The van der Waals surface area contributed by atoms with Crippen molar-refractivity contribution in [1.29, 1.82) is 0 Å². The molecule has 1 saturated heterocycles. The van der Waals surface area contributed by atoms with Crippen molar-refractivity contribution in [3.8, 4) is 11.5 Å². The second kappa shape index (κ2) is 11.6. The van der Waals surface area contributed by atoms with Crippen LogP contribution in [0.3, 0.4) is 0 Å². The molecule has 1 N–H and O–H groups in total. The first-order valence-corrected chi connectivity index (χ1v) is 13.6. The Balaban J connectivity index is 0.00000308. The molecule has 1 fully saturated rings. The van der Waals surface area contributed by atoms with E-state index in [-0.39, 0.29) is 20.2 Å². The van der Waals surface area contributed by atoms with Crippen LogP contribution in [0.2, 0.25) is 0 Å². The number of halogens is 1. The molecule has 0 amide bonds. The van der Waals surface area contributed by atoms with Crippen LogP contribution in [0.5, 0.6) is 11.5 Å². The van der Waals surface area contributed by atoms with Gasteiger partial charge in [-0.2, -0.15) is 0 Å². The highest BCUT2D eigenvalue weighted by Crippen LogP contribution is 2.41. The van der Waals surface area contributed by atoms with Gasteiger partial charge in [0, 0.05) is 26.6 Å². The molecule has 1 atom stereocenters. The Labute approximate surface area is 229 Å². The summed E-state index contributed by atoms with van der Waals surface area (Å²) in [7, 11) is 0. The van der Waals surface area contributed by atoms with E-state index in [1.807, 2.05) is 25.1 Å². The maximum absolute atomic E-state index is 12.5. The normalized spacial score (nSPS) is 17.6. The van der Waals surface area contributed by atoms with Gasteiger partial charge in [0.15, 0.2) is 11.5 Å². The molecule has 6 rings (SSSR count). The summed E-state index contributed by atoms with van der Waals surface area (Å²) in [5.41, 5.74) is 8.65. The molecule has 0 spiro atoms. The van der Waals surface area contributed by atoms with Gasteiger partial charge < -0.3 is 14.3 Å². The van der Waals surface area contributed by atoms with Crippen LogP contribution in [-0.4, -0.2) is 47.4 Å². The van der Waals surface area contributed by atoms with Crippen LogP contribution in [0.4, 0.5) is 4.39 Å². The molecule has 2 heterocycles. The minimum atomic E-state index is -0.268. The number of likely N-dealkylation sites (tertiary alicyclic amines) is 1. The first-order chi connectivity index (χ1) is 18.6. The molecule has 204 valence electrons. The van der Waals surface area contributed by atoms with Gasteiger partial charge in [-0.25, -0.2) is 4.98 Å². The quantitative estimate of drug-likeness (QED) is 0.268. The molecule has 4 aromatic rings. The number of benzene rings is 3. The number of fused-ring (bicyclic) bond motifs is 2. The van der Waals surface area contributed by atoms with Crippen LogP contribution < -0.4 is 4.74 Å². The van der Waals surface area contributed by atoms with E-state index in [0.717, 1.165) is 84.4 Å². The van der Waals surface area contributed by atoms with Gasteiger partial charge in [0.1, 0.15) is 23.1 Å². The lowest BCUT2D eigenvalue weighted by Crippen LogP contribution is -2.26. The van der Waals surface area contributed by atoms with Crippen LogP contribution >= 0.6 is 0 Å². The van der Waals surface area contributed by atoms with E-state index in [1.165, 1.54) is 11.1 Å². The third kappa shape index (κ3) is 5.71. The van der Waals surface area contributed by atoms with Gasteiger partial charge in [-0.3, -0.25) is 9.29 Å². The molecule has 2 aliphatic rings. The summed E-state index contributed by atoms with van der Waals surface area (Å²) < 4.78 is 24.7. The zero-order valence-electron chi connectivity index (χ0n) is 21.8. The summed E-state index contributed by atoms with van der Waals surface area (Å²) in [4.78, 5) is 6.75. The van der Waals surface area contributed by atoms with Crippen molar-refractivity contribution in [1.82, 2.24) is 9.88 Å². The Morgan fingerprint density at radius 2 is 1.87 bits per heavy atom. The number of aromatic nitrogens is 1. The number of allylic oxidation sites excluding steroid dienone is 1. The molecule has 3 aromatic carbocycles. The van der Waals surface area contributed by atoms with Crippen molar-refractivity contribution in [3.05, 3.63) is 88.8 Å². The smallest absolute Gasteiger partial charge is 0.192 e. The molecule has 0 radical (unpaired) electrons. The van der Waals surface area contributed by atoms with E-state index >= 15 is 0 Å². The highest BCUT2D eigenvalue weighted by molar-refractivity contribution is 6.01. The predicted molar refractivity (Wildman–Crippen MR) is 155 cm³/mol. The number of hydrogen-bond acceptors (Lipinski definition) is 5. The average molecular weight is 529 g/mol. The summed E-state index contributed by atoms with van der Waals surface area (Å²) in [5.74, 6) is 1.81. The van der Waals surface area contributed by atoms with Crippen LogP contribution in [0.15, 0.2) is 65.1 Å². The zero-order chi connectivity index (χ0) is 26.1. The van der Waals surface area contributed by atoms with Gasteiger partial charge in [0.2, 0.25) is 0 Å². The Bertz CT molecular complexity index is 1470. The van der Waals surface area contributed by atoms with E-state index < -0.39 is 0 Å². The Morgan fingerprint density at radius 3 is 2.69 bits per heavy atom. The number of phenolic OH excluding ortho intramolecular Hbond substituents is 1. The fourth-order valence-corrected chi connectivity index (χ4v) is 5.89. The van der Waals surface area contributed by atoms with Crippen molar-refractivity contribution in [2.75, 3.05) is 26.3 Å². The number of phenols is 1. The SMILES string of the molecule is C.Cc1nc2ccc(C3=C(c4ccc(O[C@H]5CCN(CCCF)C5)cc4)c4ccc(O)cc4CCC3)cc2o1. The van der Waals surface area contributed by atoms with Crippen molar-refractivity contribution in [2.45, 2.75) is 52.6 Å². The summed E-state index contributed by atoms with van der Waals surface area (Å²) >= 11 is 0. The molecule has 0 bridgehead atoms. The number of alkyl halides is 1. The first-order valence-electron chi connectivity index (χ1n) is 13.6. The largest absolute Gasteiger partial charge is 0.508 e. The molecular formula is C33H37FN2O3. The summed E-state index contributed by atoms with van der Waals surface area (Å²) in [6.45, 7) is 4.20. The highest BCUT2D eigenvalue weighted by atomic mass is 19.1. The molecule has 39 heavy (non-hydrogen) atoms. The van der Waals surface area contributed by atoms with Gasteiger partial charge >= 0.3 is 0 Å². The van der Waals surface area contributed by atoms with Crippen LogP contribution in [0.25, 0.3) is 22.2 Å². The lowest BCUT2D eigenvalue weighted by atomic mass is 9.87. The van der Waals surface area contributed by atoms with Gasteiger partial charge in [-0.15, -0.1) is 0 Å². The maximum Gasteiger partial charge on any atom is 0.192 e. The van der Waals surface area contributed by atoms with Crippen LogP contribution in [0, 0.1) is 6.92 Å². The lowest BCUT2D eigenvalue weighted by Gasteiger charge is -2.18. The monoisotopic (exact) mass is 528 g/mol. The standard InChI is InChI=1S/C32H33FN2O3.CH4/c1-21-34-30-13-8-24(19-31(30)37-21)28-5-2-4-23-18-25(36)9-12-29(23)32(28)22-6-10-26(11-7-22)38-27-14-17-35(20-27)16-3-15-33;/h6-13,18-19,27,36H,2-5,14-17,20H2,1H3;1H4/t27-;/m0./s1. The Hall–Kier alpha value is -3.64. The molecule has 6 heteroatoms. The fraction of sp³-hybridized carbons (Fsp3) is 0.364. The van der Waals surface area contributed by atoms with Crippen molar-refractivity contribution in [3.63, 3.8) is 0 Å². The Kier molecular flexibility index (Phi) is 8.03. The molecule has 1 aliphatic heterocycles. The molecule has 0 saturated carbocycles. The number of ether oxygens (including phenoxy) is 1. The number of aryl methyl sites for hydroxylation is 2. The second-order valence-corrected chi connectivity index (χ2v) is 10.4.